The number of carbonyl (C=O) groups excluding carboxylic acids is 2. The minimum absolute atomic E-state index is 0.143. The van der Waals surface area contributed by atoms with Gasteiger partial charge in [-0.15, -0.1) is 0 Å². The maximum absolute atomic E-state index is 12.4. The second kappa shape index (κ2) is 7.99. The first-order valence-electron chi connectivity index (χ1n) is 8.32. The predicted molar refractivity (Wildman–Crippen MR) is 90.6 cm³/mol. The number of ether oxygens (including phenoxy) is 1. The Balaban J connectivity index is 1.99. The number of methoxy groups -OCH3 is 1. The third-order valence-electron chi connectivity index (χ3n) is 4.56. The van der Waals surface area contributed by atoms with Gasteiger partial charge in [-0.3, -0.25) is 4.79 Å². The summed E-state index contributed by atoms with van der Waals surface area (Å²) in [4.78, 5) is 28.3. The highest BCUT2D eigenvalue weighted by Gasteiger charge is 2.25. The van der Waals surface area contributed by atoms with Gasteiger partial charge in [-0.2, -0.15) is 0 Å². The van der Waals surface area contributed by atoms with Crippen LogP contribution >= 0.6 is 0 Å². The van der Waals surface area contributed by atoms with Gasteiger partial charge in [0.05, 0.1) is 12.7 Å². The number of hydrogen-bond acceptors (Lipinski definition) is 4. The standard InChI is InChI=1S/C18H26N2O3/c1-4-14(5-2)17(21)20-11-9-19(10-12-20)16-8-6-7-15(13-16)18(22)23-3/h6-8,13-14H,4-5,9-12H2,1-3H3. The summed E-state index contributed by atoms with van der Waals surface area (Å²) in [5.41, 5.74) is 1.56. The van der Waals surface area contributed by atoms with Crippen molar-refractivity contribution in [1.82, 2.24) is 4.90 Å². The van der Waals surface area contributed by atoms with Gasteiger partial charge in [0.2, 0.25) is 5.91 Å². The summed E-state index contributed by atoms with van der Waals surface area (Å²) in [6.07, 6.45) is 1.80. The molecule has 1 aliphatic heterocycles. The van der Waals surface area contributed by atoms with Crippen LogP contribution in [0.4, 0.5) is 5.69 Å². The second-order valence-corrected chi connectivity index (χ2v) is 5.87. The Morgan fingerprint density at radius 1 is 1.13 bits per heavy atom. The van der Waals surface area contributed by atoms with E-state index in [1.807, 2.05) is 23.1 Å². The van der Waals surface area contributed by atoms with Crippen LogP contribution in [0.15, 0.2) is 24.3 Å². The Morgan fingerprint density at radius 3 is 2.35 bits per heavy atom. The van der Waals surface area contributed by atoms with Gasteiger partial charge in [-0.05, 0) is 31.0 Å². The number of carbonyl (C=O) groups is 2. The van der Waals surface area contributed by atoms with E-state index in [1.54, 1.807) is 6.07 Å². The molecule has 1 aromatic carbocycles. The smallest absolute Gasteiger partial charge is 0.337 e. The molecule has 0 spiro atoms. The molecule has 0 unspecified atom stereocenters. The molecule has 0 bridgehead atoms. The second-order valence-electron chi connectivity index (χ2n) is 5.87. The van der Waals surface area contributed by atoms with E-state index in [4.69, 9.17) is 4.74 Å². The van der Waals surface area contributed by atoms with E-state index in [0.717, 1.165) is 44.7 Å². The monoisotopic (exact) mass is 318 g/mol. The fourth-order valence-corrected chi connectivity index (χ4v) is 3.03. The first-order chi connectivity index (χ1) is 11.1. The molecule has 1 amide bonds. The highest BCUT2D eigenvalue weighted by atomic mass is 16.5. The van der Waals surface area contributed by atoms with Crippen molar-refractivity contribution in [3.05, 3.63) is 29.8 Å². The fourth-order valence-electron chi connectivity index (χ4n) is 3.03. The van der Waals surface area contributed by atoms with Crippen LogP contribution in [0.1, 0.15) is 37.0 Å². The number of amides is 1. The van der Waals surface area contributed by atoms with E-state index in [-0.39, 0.29) is 17.8 Å². The molecule has 0 N–H and O–H groups in total. The number of anilines is 1. The molecule has 5 nitrogen and oxygen atoms in total. The Morgan fingerprint density at radius 2 is 1.78 bits per heavy atom. The number of rotatable bonds is 5. The SMILES string of the molecule is CCC(CC)C(=O)N1CCN(c2cccc(C(=O)OC)c2)CC1. The Hall–Kier alpha value is -2.04. The minimum atomic E-state index is -0.325. The van der Waals surface area contributed by atoms with Crippen LogP contribution in [-0.2, 0) is 9.53 Å². The molecule has 126 valence electrons. The van der Waals surface area contributed by atoms with E-state index in [1.165, 1.54) is 7.11 Å². The molecule has 1 saturated heterocycles. The number of esters is 1. The molecule has 0 radical (unpaired) electrons. The van der Waals surface area contributed by atoms with Crippen molar-refractivity contribution in [1.29, 1.82) is 0 Å². The van der Waals surface area contributed by atoms with E-state index in [9.17, 15) is 9.59 Å². The molecule has 1 heterocycles. The molecule has 2 rings (SSSR count). The van der Waals surface area contributed by atoms with E-state index in [2.05, 4.69) is 18.7 Å². The van der Waals surface area contributed by atoms with Crippen molar-refractivity contribution in [2.24, 2.45) is 5.92 Å². The summed E-state index contributed by atoms with van der Waals surface area (Å²) in [6.45, 7) is 7.18. The topological polar surface area (TPSA) is 49.9 Å². The van der Waals surface area contributed by atoms with Crippen LogP contribution in [0, 0.1) is 5.92 Å². The third kappa shape index (κ3) is 4.03. The fraction of sp³-hybridized carbons (Fsp3) is 0.556. The van der Waals surface area contributed by atoms with Gasteiger partial charge >= 0.3 is 5.97 Å². The predicted octanol–water partition coefficient (Wildman–Crippen LogP) is 2.56. The van der Waals surface area contributed by atoms with Gasteiger partial charge in [0, 0.05) is 37.8 Å². The van der Waals surface area contributed by atoms with Crippen LogP contribution in [0.2, 0.25) is 0 Å². The van der Waals surface area contributed by atoms with E-state index >= 15 is 0 Å². The third-order valence-corrected chi connectivity index (χ3v) is 4.56. The summed E-state index contributed by atoms with van der Waals surface area (Å²) < 4.78 is 4.77. The first-order valence-corrected chi connectivity index (χ1v) is 8.32. The lowest BCUT2D eigenvalue weighted by molar-refractivity contribution is -0.136. The van der Waals surface area contributed by atoms with Gasteiger partial charge < -0.3 is 14.5 Å². The van der Waals surface area contributed by atoms with Crippen molar-refractivity contribution in [2.45, 2.75) is 26.7 Å². The van der Waals surface area contributed by atoms with Crippen molar-refractivity contribution < 1.29 is 14.3 Å². The first kappa shape index (κ1) is 17.3. The van der Waals surface area contributed by atoms with Gasteiger partial charge in [-0.25, -0.2) is 4.79 Å². The molecule has 5 heteroatoms. The lowest BCUT2D eigenvalue weighted by Gasteiger charge is -2.37. The molecule has 23 heavy (non-hydrogen) atoms. The molecular weight excluding hydrogens is 292 g/mol. The quantitative estimate of drug-likeness (QED) is 0.783. The normalized spacial score (nSPS) is 15.0. The maximum atomic E-state index is 12.4. The summed E-state index contributed by atoms with van der Waals surface area (Å²) in [5.74, 6) is 0.0940. The Kier molecular flexibility index (Phi) is 6.02. The average molecular weight is 318 g/mol. The molecule has 0 aromatic heterocycles. The molecule has 0 aliphatic carbocycles. The summed E-state index contributed by atoms with van der Waals surface area (Å²) in [5, 5.41) is 0. The maximum Gasteiger partial charge on any atom is 0.337 e. The van der Waals surface area contributed by atoms with E-state index < -0.39 is 0 Å². The Labute approximate surface area is 138 Å². The van der Waals surface area contributed by atoms with Gasteiger partial charge in [0.1, 0.15) is 0 Å². The molecule has 1 aliphatic rings. The molecule has 0 saturated carbocycles. The zero-order valence-corrected chi connectivity index (χ0v) is 14.2. The zero-order valence-electron chi connectivity index (χ0n) is 14.2. The van der Waals surface area contributed by atoms with Crippen LogP contribution in [0.3, 0.4) is 0 Å². The highest BCUT2D eigenvalue weighted by Crippen LogP contribution is 2.20. The van der Waals surface area contributed by atoms with Crippen LogP contribution < -0.4 is 4.90 Å². The number of piperazine rings is 1. The molecule has 0 atom stereocenters. The van der Waals surface area contributed by atoms with Crippen molar-refractivity contribution in [3.63, 3.8) is 0 Å². The highest BCUT2D eigenvalue weighted by molar-refractivity contribution is 5.90. The van der Waals surface area contributed by atoms with Crippen molar-refractivity contribution in [3.8, 4) is 0 Å². The summed E-state index contributed by atoms with van der Waals surface area (Å²) >= 11 is 0. The Bertz CT molecular complexity index is 547. The number of nitrogens with zero attached hydrogens (tertiary/aromatic N) is 2. The van der Waals surface area contributed by atoms with Crippen molar-refractivity contribution in [2.75, 3.05) is 38.2 Å². The lowest BCUT2D eigenvalue weighted by Crippen LogP contribution is -2.50. The molecule has 1 fully saturated rings. The number of benzene rings is 1. The van der Waals surface area contributed by atoms with Crippen molar-refractivity contribution >= 4 is 17.6 Å². The van der Waals surface area contributed by atoms with Crippen LogP contribution in [0.5, 0.6) is 0 Å². The van der Waals surface area contributed by atoms with Gasteiger partial charge in [0.15, 0.2) is 0 Å². The van der Waals surface area contributed by atoms with Gasteiger partial charge in [-0.1, -0.05) is 19.9 Å². The molecule has 1 aromatic rings. The zero-order chi connectivity index (χ0) is 16.8. The van der Waals surface area contributed by atoms with Gasteiger partial charge in [0.25, 0.3) is 0 Å². The lowest BCUT2D eigenvalue weighted by atomic mass is 10.0. The largest absolute Gasteiger partial charge is 0.465 e. The molecular formula is C18H26N2O3. The number of hydrogen-bond donors (Lipinski definition) is 0. The average Bonchev–Trinajstić information content (AvgIpc) is 2.62. The van der Waals surface area contributed by atoms with Crippen LogP contribution in [0.25, 0.3) is 0 Å². The minimum Gasteiger partial charge on any atom is -0.465 e. The van der Waals surface area contributed by atoms with E-state index in [0.29, 0.717) is 5.56 Å². The summed E-state index contributed by atoms with van der Waals surface area (Å²) in [7, 11) is 1.39. The van der Waals surface area contributed by atoms with Crippen LogP contribution in [-0.4, -0.2) is 50.1 Å². The summed E-state index contributed by atoms with van der Waals surface area (Å²) in [6, 6.07) is 7.46.